The summed E-state index contributed by atoms with van der Waals surface area (Å²) < 4.78 is 1.68. The van der Waals surface area contributed by atoms with Crippen molar-refractivity contribution in [2.24, 2.45) is 0 Å². The molecule has 5 heteroatoms. The fraction of sp³-hybridized carbons (Fsp3) is 0. The van der Waals surface area contributed by atoms with E-state index < -0.39 is 0 Å². The second-order valence-electron chi connectivity index (χ2n) is 4.07. The quantitative estimate of drug-likeness (QED) is 0.778. The molecule has 0 saturated heterocycles. The van der Waals surface area contributed by atoms with Crippen LogP contribution in [-0.2, 0) is 0 Å². The van der Waals surface area contributed by atoms with Crippen LogP contribution in [0.2, 0.25) is 5.02 Å². The Morgan fingerprint density at radius 3 is 2.68 bits per heavy atom. The number of halogens is 1. The van der Waals surface area contributed by atoms with E-state index >= 15 is 0 Å². The van der Waals surface area contributed by atoms with E-state index in [1.165, 1.54) is 0 Å². The van der Waals surface area contributed by atoms with E-state index in [1.54, 1.807) is 23.3 Å². The van der Waals surface area contributed by atoms with Crippen LogP contribution in [0.5, 0.6) is 0 Å². The lowest BCUT2D eigenvalue weighted by Crippen LogP contribution is -1.95. The van der Waals surface area contributed by atoms with Crippen molar-refractivity contribution in [1.82, 2.24) is 14.8 Å². The van der Waals surface area contributed by atoms with E-state index in [0.717, 1.165) is 11.3 Å². The summed E-state index contributed by atoms with van der Waals surface area (Å²) in [6.45, 7) is 0. The van der Waals surface area contributed by atoms with Crippen LogP contribution < -0.4 is 5.73 Å². The molecule has 0 bridgehead atoms. The standard InChI is InChI=1S/C14H11ClN4/c15-11-5-1-2-6-13(11)19-9-12(16)14(18-19)10-4-3-7-17-8-10/h1-9H,16H2. The first-order valence-electron chi connectivity index (χ1n) is 5.76. The second-order valence-corrected chi connectivity index (χ2v) is 4.48. The Morgan fingerprint density at radius 2 is 1.95 bits per heavy atom. The Hall–Kier alpha value is -2.33. The summed E-state index contributed by atoms with van der Waals surface area (Å²) in [7, 11) is 0. The molecule has 19 heavy (non-hydrogen) atoms. The Labute approximate surface area is 115 Å². The van der Waals surface area contributed by atoms with Gasteiger partial charge in [-0.2, -0.15) is 5.10 Å². The van der Waals surface area contributed by atoms with Crippen LogP contribution in [0.25, 0.3) is 16.9 Å². The maximum atomic E-state index is 6.15. The highest BCUT2D eigenvalue weighted by Gasteiger charge is 2.11. The summed E-state index contributed by atoms with van der Waals surface area (Å²) in [5.41, 5.74) is 8.98. The number of anilines is 1. The molecule has 0 aliphatic heterocycles. The number of hydrogen-bond acceptors (Lipinski definition) is 3. The largest absolute Gasteiger partial charge is 0.396 e. The molecule has 0 amide bonds. The molecule has 0 radical (unpaired) electrons. The number of rotatable bonds is 2. The molecule has 0 aliphatic carbocycles. The normalized spacial score (nSPS) is 10.6. The fourth-order valence-corrected chi connectivity index (χ4v) is 2.10. The molecule has 2 aromatic heterocycles. The van der Waals surface area contributed by atoms with Crippen molar-refractivity contribution in [3.05, 3.63) is 60.0 Å². The van der Waals surface area contributed by atoms with Crippen molar-refractivity contribution in [3.63, 3.8) is 0 Å². The molecule has 0 spiro atoms. The highest BCUT2D eigenvalue weighted by atomic mass is 35.5. The SMILES string of the molecule is Nc1cn(-c2ccccc2Cl)nc1-c1cccnc1. The van der Waals surface area contributed by atoms with Crippen molar-refractivity contribution >= 4 is 17.3 Å². The Morgan fingerprint density at radius 1 is 1.11 bits per heavy atom. The monoisotopic (exact) mass is 270 g/mol. The van der Waals surface area contributed by atoms with Gasteiger partial charge in [-0.3, -0.25) is 4.98 Å². The lowest BCUT2D eigenvalue weighted by molar-refractivity contribution is 0.884. The third kappa shape index (κ3) is 2.18. The van der Waals surface area contributed by atoms with Crippen molar-refractivity contribution in [2.75, 3.05) is 5.73 Å². The van der Waals surface area contributed by atoms with Gasteiger partial charge in [0.15, 0.2) is 0 Å². The van der Waals surface area contributed by atoms with Crippen LogP contribution in [0, 0.1) is 0 Å². The van der Waals surface area contributed by atoms with Gasteiger partial charge in [0, 0.05) is 18.0 Å². The van der Waals surface area contributed by atoms with E-state index in [2.05, 4.69) is 10.1 Å². The average molecular weight is 271 g/mol. The zero-order valence-corrected chi connectivity index (χ0v) is 10.7. The molecular formula is C14H11ClN4. The lowest BCUT2D eigenvalue weighted by atomic mass is 10.2. The third-order valence-electron chi connectivity index (χ3n) is 2.78. The van der Waals surface area contributed by atoms with Gasteiger partial charge in [0.05, 0.1) is 22.6 Å². The summed E-state index contributed by atoms with van der Waals surface area (Å²) >= 11 is 6.15. The Balaban J connectivity index is 2.10. The zero-order valence-electron chi connectivity index (χ0n) is 9.99. The molecule has 0 aliphatic rings. The van der Waals surface area contributed by atoms with Crippen LogP contribution in [-0.4, -0.2) is 14.8 Å². The minimum atomic E-state index is 0.591. The maximum absolute atomic E-state index is 6.15. The zero-order chi connectivity index (χ0) is 13.2. The van der Waals surface area contributed by atoms with Crippen LogP contribution in [0.1, 0.15) is 0 Å². The highest BCUT2D eigenvalue weighted by molar-refractivity contribution is 6.32. The topological polar surface area (TPSA) is 56.7 Å². The molecule has 0 saturated carbocycles. The van der Waals surface area contributed by atoms with Gasteiger partial charge in [0.1, 0.15) is 5.69 Å². The van der Waals surface area contributed by atoms with Gasteiger partial charge < -0.3 is 5.73 Å². The van der Waals surface area contributed by atoms with E-state index in [-0.39, 0.29) is 0 Å². The fourth-order valence-electron chi connectivity index (χ4n) is 1.88. The number of para-hydroxylation sites is 1. The number of pyridine rings is 1. The van der Waals surface area contributed by atoms with Crippen LogP contribution >= 0.6 is 11.6 Å². The van der Waals surface area contributed by atoms with E-state index in [4.69, 9.17) is 17.3 Å². The first kappa shape index (κ1) is 11.7. The smallest absolute Gasteiger partial charge is 0.117 e. The first-order chi connectivity index (χ1) is 9.25. The molecule has 3 rings (SSSR count). The number of nitrogens with two attached hydrogens (primary N) is 1. The molecule has 0 atom stereocenters. The molecule has 2 heterocycles. The molecule has 1 aromatic carbocycles. The molecule has 94 valence electrons. The summed E-state index contributed by atoms with van der Waals surface area (Å²) in [6.07, 6.45) is 5.20. The predicted octanol–water partition coefficient (Wildman–Crippen LogP) is 3.17. The number of benzene rings is 1. The third-order valence-corrected chi connectivity index (χ3v) is 3.10. The maximum Gasteiger partial charge on any atom is 0.117 e. The van der Waals surface area contributed by atoms with E-state index in [1.807, 2.05) is 36.4 Å². The van der Waals surface area contributed by atoms with Crippen molar-refractivity contribution < 1.29 is 0 Å². The first-order valence-corrected chi connectivity index (χ1v) is 6.14. The van der Waals surface area contributed by atoms with Crippen LogP contribution in [0.15, 0.2) is 55.0 Å². The van der Waals surface area contributed by atoms with Crippen LogP contribution in [0.4, 0.5) is 5.69 Å². The minimum Gasteiger partial charge on any atom is -0.396 e. The molecule has 3 aromatic rings. The molecular weight excluding hydrogens is 260 g/mol. The molecule has 4 nitrogen and oxygen atoms in total. The summed E-state index contributed by atoms with van der Waals surface area (Å²) in [5, 5.41) is 5.11. The summed E-state index contributed by atoms with van der Waals surface area (Å²) in [4.78, 5) is 4.07. The van der Waals surface area contributed by atoms with Gasteiger partial charge in [0.2, 0.25) is 0 Å². The predicted molar refractivity (Wildman–Crippen MR) is 76.2 cm³/mol. The second kappa shape index (κ2) is 4.74. The molecule has 0 fully saturated rings. The lowest BCUT2D eigenvalue weighted by Gasteiger charge is -2.02. The average Bonchev–Trinajstić information content (AvgIpc) is 2.82. The van der Waals surface area contributed by atoms with Crippen molar-refractivity contribution in [2.45, 2.75) is 0 Å². The summed E-state index contributed by atoms with van der Waals surface area (Å²) in [5.74, 6) is 0. The summed E-state index contributed by atoms with van der Waals surface area (Å²) in [6, 6.07) is 11.3. The number of aromatic nitrogens is 3. The van der Waals surface area contributed by atoms with Gasteiger partial charge in [-0.25, -0.2) is 4.68 Å². The van der Waals surface area contributed by atoms with Gasteiger partial charge in [-0.1, -0.05) is 23.7 Å². The number of nitrogen functional groups attached to an aromatic ring is 1. The van der Waals surface area contributed by atoms with Crippen molar-refractivity contribution in [3.8, 4) is 16.9 Å². The van der Waals surface area contributed by atoms with Gasteiger partial charge in [-0.15, -0.1) is 0 Å². The number of hydrogen-bond donors (Lipinski definition) is 1. The van der Waals surface area contributed by atoms with E-state index in [9.17, 15) is 0 Å². The van der Waals surface area contributed by atoms with Gasteiger partial charge in [0.25, 0.3) is 0 Å². The Bertz CT molecular complexity index is 706. The number of nitrogens with zero attached hydrogens (tertiary/aromatic N) is 3. The Kier molecular flexibility index (Phi) is 2.93. The van der Waals surface area contributed by atoms with E-state index in [0.29, 0.717) is 16.4 Å². The minimum absolute atomic E-state index is 0.591. The van der Waals surface area contributed by atoms with Gasteiger partial charge >= 0.3 is 0 Å². The van der Waals surface area contributed by atoms with Crippen LogP contribution in [0.3, 0.4) is 0 Å². The van der Waals surface area contributed by atoms with Gasteiger partial charge in [-0.05, 0) is 24.3 Å². The van der Waals surface area contributed by atoms with Crippen molar-refractivity contribution in [1.29, 1.82) is 0 Å². The highest BCUT2D eigenvalue weighted by Crippen LogP contribution is 2.26. The molecule has 0 unspecified atom stereocenters. The molecule has 2 N–H and O–H groups in total.